The Morgan fingerprint density at radius 2 is 1.85 bits per heavy atom. The Bertz CT molecular complexity index is 1420. The number of nitrogens with zero attached hydrogens (tertiary/aromatic N) is 4. The van der Waals surface area contributed by atoms with E-state index in [9.17, 15) is 18.0 Å². The molecule has 1 saturated heterocycles. The van der Waals surface area contributed by atoms with Crippen LogP contribution in [0.2, 0.25) is 0 Å². The van der Waals surface area contributed by atoms with Gasteiger partial charge in [0.25, 0.3) is 10.0 Å². The van der Waals surface area contributed by atoms with Crippen LogP contribution in [0.5, 0.6) is 0 Å². The van der Waals surface area contributed by atoms with E-state index in [1.807, 2.05) is 0 Å². The number of hydrogen-bond acceptors (Lipinski definition) is 6. The summed E-state index contributed by atoms with van der Waals surface area (Å²) in [6.07, 6.45) is 2.95. The van der Waals surface area contributed by atoms with Gasteiger partial charge in [-0.15, -0.1) is 0 Å². The predicted molar refractivity (Wildman–Crippen MR) is 126 cm³/mol. The number of fused-ring (bicyclic) bond motifs is 4. The Morgan fingerprint density at radius 3 is 2.53 bits per heavy atom. The fraction of sp³-hybridized carbons (Fsp3) is 0.375. The van der Waals surface area contributed by atoms with Gasteiger partial charge in [-0.1, -0.05) is 18.2 Å². The fourth-order valence-electron chi connectivity index (χ4n) is 4.92. The standard InChI is InChI=1S/C24H26N4O5S/c1-23(2,3)33-22(30)27-13-11-24(15-27)19-17-10-12-28(34(31,32)16-8-6-5-7-9-16)20(17)25-14-18(19)26(4)21(24)29/h5-10,12,14H,11,13,15H2,1-4H3. The van der Waals surface area contributed by atoms with Crippen LogP contribution in [0.25, 0.3) is 11.0 Å². The lowest BCUT2D eigenvalue weighted by molar-refractivity contribution is -0.122. The molecule has 2 aliphatic heterocycles. The number of aromatic nitrogens is 2. The number of likely N-dealkylation sites (N-methyl/N-ethyl adjacent to an activating group) is 1. The molecular weight excluding hydrogens is 456 g/mol. The summed E-state index contributed by atoms with van der Waals surface area (Å²) in [6.45, 7) is 5.91. The molecule has 0 bridgehead atoms. The molecule has 10 heteroatoms. The number of rotatable bonds is 2. The van der Waals surface area contributed by atoms with Crippen molar-refractivity contribution in [2.75, 3.05) is 25.0 Å². The van der Waals surface area contributed by atoms with E-state index >= 15 is 0 Å². The minimum atomic E-state index is -3.88. The van der Waals surface area contributed by atoms with Crippen LogP contribution in [0, 0.1) is 0 Å². The third kappa shape index (κ3) is 3.19. The molecule has 1 spiro atoms. The van der Waals surface area contributed by atoms with Crippen molar-refractivity contribution in [2.24, 2.45) is 0 Å². The number of carbonyl (C=O) groups excluding carboxylic acids is 2. The Hall–Kier alpha value is -3.40. The molecule has 1 fully saturated rings. The van der Waals surface area contributed by atoms with Crippen LogP contribution in [0.3, 0.4) is 0 Å². The van der Waals surface area contributed by atoms with Gasteiger partial charge < -0.3 is 14.5 Å². The average Bonchev–Trinajstić information content (AvgIpc) is 3.47. The first kappa shape index (κ1) is 22.4. The highest BCUT2D eigenvalue weighted by Gasteiger charge is 2.56. The van der Waals surface area contributed by atoms with E-state index in [1.54, 1.807) is 61.9 Å². The highest BCUT2D eigenvalue weighted by atomic mass is 32.2. The molecule has 2 aliphatic rings. The third-order valence-corrected chi connectivity index (χ3v) is 8.12. The van der Waals surface area contributed by atoms with Gasteiger partial charge in [-0.05, 0) is 45.4 Å². The van der Waals surface area contributed by atoms with Crippen LogP contribution in [0.15, 0.2) is 53.7 Å². The van der Waals surface area contributed by atoms with Gasteiger partial charge in [0.2, 0.25) is 5.91 Å². The average molecular weight is 483 g/mol. The van der Waals surface area contributed by atoms with E-state index in [-0.39, 0.29) is 23.0 Å². The molecule has 2 aromatic heterocycles. The summed E-state index contributed by atoms with van der Waals surface area (Å²) in [4.78, 5) is 33.9. The van der Waals surface area contributed by atoms with Gasteiger partial charge in [0.05, 0.1) is 22.2 Å². The molecule has 1 unspecified atom stereocenters. The quantitative estimate of drug-likeness (QED) is 0.556. The van der Waals surface area contributed by atoms with Crippen LogP contribution < -0.4 is 4.90 Å². The largest absolute Gasteiger partial charge is 0.444 e. The molecule has 9 nitrogen and oxygen atoms in total. The lowest BCUT2D eigenvalue weighted by atomic mass is 9.80. The molecule has 2 amide bonds. The van der Waals surface area contributed by atoms with Gasteiger partial charge >= 0.3 is 6.09 Å². The van der Waals surface area contributed by atoms with Gasteiger partial charge in [-0.25, -0.2) is 22.2 Å². The van der Waals surface area contributed by atoms with Crippen LogP contribution in [0.1, 0.15) is 32.8 Å². The summed E-state index contributed by atoms with van der Waals surface area (Å²) >= 11 is 0. The molecule has 3 aromatic rings. The molecule has 1 atom stereocenters. The number of ether oxygens (including phenoxy) is 1. The normalized spacial score (nSPS) is 20.4. The molecular formula is C24H26N4O5S. The minimum Gasteiger partial charge on any atom is -0.444 e. The summed E-state index contributed by atoms with van der Waals surface area (Å²) in [5.41, 5.74) is -0.0518. The number of hydrogen-bond donors (Lipinski definition) is 0. The number of pyridine rings is 1. The van der Waals surface area contributed by atoms with Crippen LogP contribution >= 0.6 is 0 Å². The van der Waals surface area contributed by atoms with E-state index in [4.69, 9.17) is 4.74 Å². The zero-order valence-electron chi connectivity index (χ0n) is 19.5. The zero-order chi connectivity index (χ0) is 24.5. The van der Waals surface area contributed by atoms with Crippen molar-refractivity contribution < 1.29 is 22.7 Å². The highest BCUT2D eigenvalue weighted by molar-refractivity contribution is 7.90. The smallest absolute Gasteiger partial charge is 0.410 e. The summed E-state index contributed by atoms with van der Waals surface area (Å²) in [5.74, 6) is -0.137. The Kier molecular flexibility index (Phi) is 4.81. The summed E-state index contributed by atoms with van der Waals surface area (Å²) in [6, 6.07) is 9.82. The fourth-order valence-corrected chi connectivity index (χ4v) is 6.24. The van der Waals surface area contributed by atoms with E-state index in [0.717, 1.165) is 3.97 Å². The maximum absolute atomic E-state index is 13.5. The predicted octanol–water partition coefficient (Wildman–Crippen LogP) is 3.13. The number of likely N-dealkylation sites (tertiary alicyclic amines) is 1. The Balaban J connectivity index is 1.62. The van der Waals surface area contributed by atoms with Crippen molar-refractivity contribution in [3.63, 3.8) is 0 Å². The number of amides is 2. The zero-order valence-corrected chi connectivity index (χ0v) is 20.3. The Morgan fingerprint density at radius 1 is 1.15 bits per heavy atom. The number of benzene rings is 1. The monoisotopic (exact) mass is 482 g/mol. The van der Waals surface area contributed by atoms with E-state index in [2.05, 4.69) is 4.98 Å². The maximum Gasteiger partial charge on any atom is 0.410 e. The topological polar surface area (TPSA) is 102 Å². The third-order valence-electron chi connectivity index (χ3n) is 6.44. The first-order chi connectivity index (χ1) is 16.0. The van der Waals surface area contributed by atoms with Gasteiger partial charge in [0.1, 0.15) is 5.60 Å². The summed E-state index contributed by atoms with van der Waals surface area (Å²) < 4.78 is 33.3. The molecule has 34 heavy (non-hydrogen) atoms. The minimum absolute atomic E-state index is 0.137. The van der Waals surface area contributed by atoms with Crippen molar-refractivity contribution in [1.29, 1.82) is 0 Å². The summed E-state index contributed by atoms with van der Waals surface area (Å²) in [5, 5.41) is 0.584. The van der Waals surface area contributed by atoms with Gasteiger partial charge in [0.15, 0.2) is 5.65 Å². The number of carbonyl (C=O) groups is 2. The highest BCUT2D eigenvalue weighted by Crippen LogP contribution is 2.49. The number of anilines is 1. The molecule has 1 aromatic carbocycles. The van der Waals surface area contributed by atoms with Crippen molar-refractivity contribution in [1.82, 2.24) is 13.9 Å². The second-order valence-corrected chi connectivity index (χ2v) is 11.6. The van der Waals surface area contributed by atoms with E-state index in [1.165, 1.54) is 24.5 Å². The van der Waals surface area contributed by atoms with Gasteiger partial charge in [-0.3, -0.25) is 4.79 Å². The second-order valence-electron chi connectivity index (χ2n) is 9.78. The molecule has 178 valence electrons. The van der Waals surface area contributed by atoms with Crippen molar-refractivity contribution in [3.8, 4) is 0 Å². The molecule has 4 heterocycles. The van der Waals surface area contributed by atoms with E-state index in [0.29, 0.717) is 29.6 Å². The van der Waals surface area contributed by atoms with Crippen LogP contribution in [0.4, 0.5) is 10.5 Å². The van der Waals surface area contributed by atoms with Crippen LogP contribution in [-0.2, 0) is 25.0 Å². The van der Waals surface area contributed by atoms with Crippen molar-refractivity contribution in [2.45, 2.75) is 43.1 Å². The van der Waals surface area contributed by atoms with Crippen molar-refractivity contribution >= 4 is 38.7 Å². The van der Waals surface area contributed by atoms with Crippen LogP contribution in [-0.4, -0.2) is 60.0 Å². The summed E-state index contributed by atoms with van der Waals surface area (Å²) in [7, 11) is -2.20. The SMILES string of the molecule is CN1C(=O)C2(CCN(C(=O)OC(C)(C)C)C2)c2c1cnc1c2ccn1S(=O)(=O)c1ccccc1. The van der Waals surface area contributed by atoms with E-state index < -0.39 is 27.1 Å². The first-order valence-electron chi connectivity index (χ1n) is 11.0. The molecule has 0 radical (unpaired) electrons. The van der Waals surface area contributed by atoms with Gasteiger partial charge in [0, 0.05) is 37.3 Å². The lowest BCUT2D eigenvalue weighted by Gasteiger charge is -2.26. The lowest BCUT2D eigenvalue weighted by Crippen LogP contribution is -2.43. The maximum atomic E-state index is 13.5. The van der Waals surface area contributed by atoms with Gasteiger partial charge in [-0.2, -0.15) is 0 Å². The molecule has 0 N–H and O–H groups in total. The first-order valence-corrected chi connectivity index (χ1v) is 12.5. The van der Waals surface area contributed by atoms with Crippen molar-refractivity contribution in [3.05, 3.63) is 54.4 Å². The molecule has 0 saturated carbocycles. The molecule has 0 aliphatic carbocycles. The Labute approximate surface area is 198 Å². The molecule has 5 rings (SSSR count). The second kappa shape index (κ2) is 7.30.